The highest BCUT2D eigenvalue weighted by molar-refractivity contribution is 5.97. The van der Waals surface area contributed by atoms with Gasteiger partial charge in [-0.25, -0.2) is 13.2 Å². The van der Waals surface area contributed by atoms with Gasteiger partial charge in [-0.15, -0.1) is 0 Å². The van der Waals surface area contributed by atoms with E-state index in [1.54, 1.807) is 19.1 Å². The van der Waals surface area contributed by atoms with Gasteiger partial charge in [0.2, 0.25) is 29.1 Å². The summed E-state index contributed by atoms with van der Waals surface area (Å²) >= 11 is 0. The molecule has 0 aromatic heterocycles. The van der Waals surface area contributed by atoms with Crippen molar-refractivity contribution < 1.29 is 31.5 Å². The predicted molar refractivity (Wildman–Crippen MR) is 78.8 cm³/mol. The Hall–Kier alpha value is -2.64. The van der Waals surface area contributed by atoms with Crippen LogP contribution >= 0.6 is 0 Å². The number of halogens is 5. The van der Waals surface area contributed by atoms with Crippen LogP contribution in [0.5, 0.6) is 5.75 Å². The monoisotopic (exact) mass is 357 g/mol. The third kappa shape index (κ3) is 2.81. The smallest absolute Gasteiger partial charge is 0.265 e. The second kappa shape index (κ2) is 6.34. The van der Waals surface area contributed by atoms with Gasteiger partial charge < -0.3 is 9.64 Å². The van der Waals surface area contributed by atoms with E-state index in [4.69, 9.17) is 0 Å². The average Bonchev–Trinajstić information content (AvgIpc) is 2.93. The molecule has 0 fully saturated rings. The molecule has 132 valence electrons. The normalized spacial score (nSPS) is 16.1. The van der Waals surface area contributed by atoms with Crippen LogP contribution in [0, 0.1) is 29.1 Å². The Morgan fingerprint density at radius 2 is 1.60 bits per heavy atom. The zero-order chi connectivity index (χ0) is 18.3. The van der Waals surface area contributed by atoms with Crippen molar-refractivity contribution in [2.75, 3.05) is 11.5 Å². The topological polar surface area (TPSA) is 29.5 Å². The van der Waals surface area contributed by atoms with Crippen molar-refractivity contribution in [1.29, 1.82) is 0 Å². The van der Waals surface area contributed by atoms with Gasteiger partial charge in [-0.3, -0.25) is 4.79 Å². The molecule has 1 atom stereocenters. The summed E-state index contributed by atoms with van der Waals surface area (Å²) in [7, 11) is 0. The van der Waals surface area contributed by atoms with Crippen LogP contribution in [-0.4, -0.2) is 18.6 Å². The Morgan fingerprint density at radius 3 is 2.24 bits per heavy atom. The highest BCUT2D eigenvalue weighted by atomic mass is 19.2. The fraction of sp³-hybridized carbons (Fsp3) is 0.235. The Labute approximate surface area is 139 Å². The van der Waals surface area contributed by atoms with E-state index in [1.165, 1.54) is 4.90 Å². The maximum atomic E-state index is 13.6. The standard InChI is InChI=1S/C17H12F5NO2/c1-8-6-9-4-2-3-5-10(9)23(8)11(24)7-25-17-15(21)13(19)12(18)14(20)16(17)22/h2-5,8H,6-7H2,1H3/t8-/m1/s1. The van der Waals surface area contributed by atoms with Crippen molar-refractivity contribution in [3.63, 3.8) is 0 Å². The number of hydrogen-bond acceptors (Lipinski definition) is 2. The molecule has 2 aromatic rings. The number of rotatable bonds is 3. The quantitative estimate of drug-likeness (QED) is 0.476. The number of nitrogens with zero attached hydrogens (tertiary/aromatic N) is 1. The first-order chi connectivity index (χ1) is 11.8. The molecule has 2 aromatic carbocycles. The van der Waals surface area contributed by atoms with E-state index in [0.717, 1.165) is 5.56 Å². The minimum Gasteiger partial charge on any atom is -0.477 e. The van der Waals surface area contributed by atoms with Crippen LogP contribution in [0.2, 0.25) is 0 Å². The molecule has 3 rings (SSSR count). The first-order valence-electron chi connectivity index (χ1n) is 7.37. The van der Waals surface area contributed by atoms with Crippen molar-refractivity contribution in [3.8, 4) is 5.75 Å². The first kappa shape index (κ1) is 17.2. The largest absolute Gasteiger partial charge is 0.477 e. The third-order valence-electron chi connectivity index (χ3n) is 3.99. The van der Waals surface area contributed by atoms with Crippen molar-refractivity contribution >= 4 is 11.6 Å². The summed E-state index contributed by atoms with van der Waals surface area (Å²) in [6.07, 6.45) is 0.588. The molecular formula is C17H12F5NO2. The molecule has 3 nitrogen and oxygen atoms in total. The fourth-order valence-corrected chi connectivity index (χ4v) is 2.86. The Balaban J connectivity index is 1.83. The predicted octanol–water partition coefficient (Wildman–Crippen LogP) is 3.74. The van der Waals surface area contributed by atoms with Gasteiger partial charge in [-0.05, 0) is 25.0 Å². The second-order valence-corrected chi connectivity index (χ2v) is 5.63. The lowest BCUT2D eigenvalue weighted by Gasteiger charge is -2.23. The molecule has 0 N–H and O–H groups in total. The molecule has 1 aliphatic rings. The van der Waals surface area contributed by atoms with E-state index in [2.05, 4.69) is 4.74 Å². The van der Waals surface area contributed by atoms with E-state index >= 15 is 0 Å². The highest BCUT2D eigenvalue weighted by Gasteiger charge is 2.32. The summed E-state index contributed by atoms with van der Waals surface area (Å²) in [5.41, 5.74) is 1.54. The van der Waals surface area contributed by atoms with Crippen LogP contribution in [0.1, 0.15) is 12.5 Å². The first-order valence-corrected chi connectivity index (χ1v) is 7.37. The Bertz CT molecular complexity index is 826. The van der Waals surface area contributed by atoms with E-state index in [-0.39, 0.29) is 6.04 Å². The molecule has 0 unspecified atom stereocenters. The fourth-order valence-electron chi connectivity index (χ4n) is 2.86. The zero-order valence-electron chi connectivity index (χ0n) is 13.0. The van der Waals surface area contributed by atoms with Gasteiger partial charge in [0.05, 0.1) is 0 Å². The number of benzene rings is 2. The van der Waals surface area contributed by atoms with Crippen molar-refractivity contribution in [2.45, 2.75) is 19.4 Å². The molecule has 25 heavy (non-hydrogen) atoms. The minimum absolute atomic E-state index is 0.218. The number of hydrogen-bond donors (Lipinski definition) is 0. The number of anilines is 1. The number of ether oxygens (including phenoxy) is 1. The summed E-state index contributed by atoms with van der Waals surface area (Å²) in [6.45, 7) is 0.910. The lowest BCUT2D eigenvalue weighted by molar-refractivity contribution is -0.120. The molecular weight excluding hydrogens is 345 g/mol. The second-order valence-electron chi connectivity index (χ2n) is 5.63. The van der Waals surface area contributed by atoms with Crippen LogP contribution in [0.15, 0.2) is 24.3 Å². The molecule has 0 saturated heterocycles. The highest BCUT2D eigenvalue weighted by Crippen LogP contribution is 2.33. The van der Waals surface area contributed by atoms with Crippen LogP contribution in [-0.2, 0) is 11.2 Å². The molecule has 8 heteroatoms. The summed E-state index contributed by atoms with van der Waals surface area (Å²) in [5.74, 6) is -12.9. The Kier molecular flexibility index (Phi) is 4.36. The van der Waals surface area contributed by atoms with Gasteiger partial charge in [-0.2, -0.15) is 8.78 Å². The lowest BCUT2D eigenvalue weighted by atomic mass is 10.1. The van der Waals surface area contributed by atoms with E-state index in [0.29, 0.717) is 12.1 Å². The van der Waals surface area contributed by atoms with Crippen molar-refractivity contribution in [3.05, 3.63) is 58.9 Å². The van der Waals surface area contributed by atoms with Gasteiger partial charge in [0.25, 0.3) is 5.91 Å². The number of amides is 1. The Morgan fingerprint density at radius 1 is 1.04 bits per heavy atom. The van der Waals surface area contributed by atoms with Crippen LogP contribution < -0.4 is 9.64 Å². The molecule has 1 amide bonds. The molecule has 1 aliphatic heterocycles. The molecule has 0 radical (unpaired) electrons. The number of carbonyl (C=O) groups excluding carboxylic acids is 1. The summed E-state index contributed by atoms with van der Waals surface area (Å²) in [4.78, 5) is 13.7. The van der Waals surface area contributed by atoms with Gasteiger partial charge in [0.1, 0.15) is 0 Å². The molecule has 0 spiro atoms. The summed E-state index contributed by atoms with van der Waals surface area (Å²) < 4.78 is 71.1. The average molecular weight is 357 g/mol. The van der Waals surface area contributed by atoms with Gasteiger partial charge in [0.15, 0.2) is 12.4 Å². The van der Waals surface area contributed by atoms with Crippen LogP contribution in [0.4, 0.5) is 27.6 Å². The van der Waals surface area contributed by atoms with Gasteiger partial charge in [-0.1, -0.05) is 18.2 Å². The van der Waals surface area contributed by atoms with E-state index < -0.39 is 47.3 Å². The minimum atomic E-state index is -2.28. The lowest BCUT2D eigenvalue weighted by Crippen LogP contribution is -2.39. The third-order valence-corrected chi connectivity index (χ3v) is 3.99. The van der Waals surface area contributed by atoms with Crippen LogP contribution in [0.3, 0.4) is 0 Å². The maximum absolute atomic E-state index is 13.6. The van der Waals surface area contributed by atoms with E-state index in [1.807, 2.05) is 12.1 Å². The molecule has 1 heterocycles. The molecule has 0 bridgehead atoms. The van der Waals surface area contributed by atoms with Crippen molar-refractivity contribution in [2.24, 2.45) is 0 Å². The number of carbonyl (C=O) groups is 1. The summed E-state index contributed by atoms with van der Waals surface area (Å²) in [6, 6.07) is 6.86. The maximum Gasteiger partial charge on any atom is 0.265 e. The van der Waals surface area contributed by atoms with Crippen LogP contribution in [0.25, 0.3) is 0 Å². The van der Waals surface area contributed by atoms with Crippen molar-refractivity contribution in [1.82, 2.24) is 0 Å². The SMILES string of the molecule is C[C@@H]1Cc2ccccc2N1C(=O)COc1c(F)c(F)c(F)c(F)c1F. The zero-order valence-corrected chi connectivity index (χ0v) is 13.0. The van der Waals surface area contributed by atoms with Gasteiger partial charge >= 0.3 is 0 Å². The molecule has 0 saturated carbocycles. The number of fused-ring (bicyclic) bond motifs is 1. The van der Waals surface area contributed by atoms with E-state index in [9.17, 15) is 26.7 Å². The summed E-state index contributed by atoms with van der Waals surface area (Å²) in [5, 5.41) is 0. The number of para-hydroxylation sites is 1. The van der Waals surface area contributed by atoms with Gasteiger partial charge in [0, 0.05) is 11.7 Å². The molecule has 0 aliphatic carbocycles.